The molecule has 1 saturated heterocycles. The minimum absolute atomic E-state index is 0.0733. The molecule has 1 unspecified atom stereocenters. The van der Waals surface area contributed by atoms with Gasteiger partial charge in [-0.05, 0) is 32.8 Å². The van der Waals surface area contributed by atoms with E-state index in [4.69, 9.17) is 4.52 Å². The lowest BCUT2D eigenvalue weighted by molar-refractivity contribution is -0.129. The van der Waals surface area contributed by atoms with E-state index in [1.807, 2.05) is 27.7 Å². The fourth-order valence-corrected chi connectivity index (χ4v) is 3.18. The molecule has 1 fully saturated rings. The molecule has 2 aromatic heterocycles. The summed E-state index contributed by atoms with van der Waals surface area (Å²) >= 11 is 0. The molecule has 134 valence electrons. The van der Waals surface area contributed by atoms with Crippen molar-refractivity contribution in [3.63, 3.8) is 0 Å². The monoisotopic (exact) mass is 344 g/mol. The van der Waals surface area contributed by atoms with E-state index < -0.39 is 0 Å². The van der Waals surface area contributed by atoms with E-state index in [0.717, 1.165) is 5.69 Å². The average molecular weight is 344 g/mol. The summed E-state index contributed by atoms with van der Waals surface area (Å²) in [6, 6.07) is 1.74. The number of aryl methyl sites for hydroxylation is 1. The summed E-state index contributed by atoms with van der Waals surface area (Å²) in [7, 11) is 0. The Hall–Kier alpha value is -2.44. The maximum atomic E-state index is 12.9. The van der Waals surface area contributed by atoms with Crippen molar-refractivity contribution < 1.29 is 14.1 Å². The molecule has 3 heterocycles. The van der Waals surface area contributed by atoms with Crippen molar-refractivity contribution in [1.82, 2.24) is 20.4 Å². The summed E-state index contributed by atoms with van der Waals surface area (Å²) in [5.74, 6) is 0.0130. The fraction of sp³-hybridized carbons (Fsp3) is 0.556. The first-order valence-electron chi connectivity index (χ1n) is 8.65. The molecule has 1 atom stereocenters. The van der Waals surface area contributed by atoms with E-state index in [9.17, 15) is 9.59 Å². The molecule has 25 heavy (non-hydrogen) atoms. The van der Waals surface area contributed by atoms with Gasteiger partial charge >= 0.3 is 0 Å². The minimum atomic E-state index is -0.219. The molecular weight excluding hydrogens is 320 g/mol. The molecule has 0 saturated carbocycles. The van der Waals surface area contributed by atoms with Gasteiger partial charge in [-0.1, -0.05) is 19.0 Å². The number of fused-ring (bicyclic) bond motifs is 1. The highest BCUT2D eigenvalue weighted by atomic mass is 16.5. The van der Waals surface area contributed by atoms with Gasteiger partial charge in [0.05, 0.1) is 22.7 Å². The van der Waals surface area contributed by atoms with Crippen molar-refractivity contribution in [1.29, 1.82) is 0 Å². The molecule has 0 spiro atoms. The second-order valence-corrected chi connectivity index (χ2v) is 7.21. The highest BCUT2D eigenvalue weighted by Gasteiger charge is 2.32. The van der Waals surface area contributed by atoms with Crippen LogP contribution in [0.2, 0.25) is 0 Å². The first kappa shape index (κ1) is 17.4. The molecule has 2 amide bonds. The molecule has 1 aliphatic rings. The number of carbonyl (C=O) groups excluding carboxylic acids is 2. The van der Waals surface area contributed by atoms with Gasteiger partial charge in [-0.2, -0.15) is 0 Å². The summed E-state index contributed by atoms with van der Waals surface area (Å²) in [4.78, 5) is 31.2. The Morgan fingerprint density at radius 1 is 1.36 bits per heavy atom. The number of nitrogens with zero attached hydrogens (tertiary/aromatic N) is 3. The number of hydrogen-bond donors (Lipinski definition) is 1. The molecule has 0 bridgehead atoms. The Morgan fingerprint density at radius 2 is 2.08 bits per heavy atom. The molecule has 0 aromatic carbocycles. The van der Waals surface area contributed by atoms with Gasteiger partial charge in [0.1, 0.15) is 0 Å². The lowest BCUT2D eigenvalue weighted by Crippen LogP contribution is -2.39. The van der Waals surface area contributed by atoms with Gasteiger partial charge in [-0.25, -0.2) is 4.98 Å². The Labute approximate surface area is 146 Å². The van der Waals surface area contributed by atoms with Gasteiger partial charge in [0.25, 0.3) is 11.6 Å². The normalized spacial score (nSPS) is 18.0. The molecular formula is C18H24N4O3. The van der Waals surface area contributed by atoms with Crippen LogP contribution in [0.5, 0.6) is 0 Å². The standard InChI is InChI=1S/C18H24N4O3/c1-9(2)14-7-13(16-11(5)21-25-18(16)20-14)17(24)19-12-6-15(23)22(8-12)10(3)4/h7,9-10,12H,6,8H2,1-5H3,(H,19,24). The summed E-state index contributed by atoms with van der Waals surface area (Å²) in [5.41, 5.74) is 2.29. The van der Waals surface area contributed by atoms with Gasteiger partial charge in [0, 0.05) is 24.7 Å². The van der Waals surface area contributed by atoms with E-state index in [2.05, 4.69) is 15.5 Å². The number of likely N-dealkylation sites (tertiary alicyclic amines) is 1. The van der Waals surface area contributed by atoms with Crippen molar-refractivity contribution in [2.75, 3.05) is 6.54 Å². The van der Waals surface area contributed by atoms with Crippen molar-refractivity contribution in [3.05, 3.63) is 23.0 Å². The van der Waals surface area contributed by atoms with Crippen molar-refractivity contribution in [3.8, 4) is 0 Å². The van der Waals surface area contributed by atoms with Crippen LogP contribution in [0.4, 0.5) is 0 Å². The fourth-order valence-electron chi connectivity index (χ4n) is 3.18. The molecule has 2 aromatic rings. The van der Waals surface area contributed by atoms with Gasteiger partial charge in [-0.3, -0.25) is 9.59 Å². The molecule has 7 nitrogen and oxygen atoms in total. The molecule has 0 radical (unpaired) electrons. The molecule has 1 aliphatic heterocycles. The minimum Gasteiger partial charge on any atom is -0.347 e. The van der Waals surface area contributed by atoms with E-state index in [-0.39, 0.29) is 29.8 Å². The first-order chi connectivity index (χ1) is 11.8. The average Bonchev–Trinajstić information content (AvgIpc) is 3.09. The highest BCUT2D eigenvalue weighted by Crippen LogP contribution is 2.25. The van der Waals surface area contributed by atoms with E-state index >= 15 is 0 Å². The lowest BCUT2D eigenvalue weighted by Gasteiger charge is -2.21. The topological polar surface area (TPSA) is 88.3 Å². The third-order valence-electron chi connectivity index (χ3n) is 4.59. The third kappa shape index (κ3) is 3.23. The zero-order valence-electron chi connectivity index (χ0n) is 15.3. The van der Waals surface area contributed by atoms with Crippen molar-refractivity contribution in [2.24, 2.45) is 0 Å². The largest absolute Gasteiger partial charge is 0.347 e. The number of amides is 2. The molecule has 0 aliphatic carbocycles. The third-order valence-corrected chi connectivity index (χ3v) is 4.59. The zero-order valence-corrected chi connectivity index (χ0v) is 15.3. The van der Waals surface area contributed by atoms with Gasteiger partial charge in [0.15, 0.2) is 0 Å². The SMILES string of the molecule is Cc1noc2nc(C(C)C)cc(C(=O)NC3CC(=O)N(C(C)C)C3)c12. The van der Waals surface area contributed by atoms with E-state index in [0.29, 0.717) is 35.3 Å². The second kappa shape index (κ2) is 6.46. The quantitative estimate of drug-likeness (QED) is 0.920. The first-order valence-corrected chi connectivity index (χ1v) is 8.65. The lowest BCUT2D eigenvalue weighted by atomic mass is 10.0. The number of hydrogen-bond acceptors (Lipinski definition) is 5. The van der Waals surface area contributed by atoms with E-state index in [1.54, 1.807) is 17.9 Å². The Bertz CT molecular complexity index is 825. The van der Waals surface area contributed by atoms with Crippen molar-refractivity contribution >= 4 is 22.9 Å². The Kier molecular flexibility index (Phi) is 4.49. The van der Waals surface area contributed by atoms with Crippen LogP contribution in [-0.2, 0) is 4.79 Å². The van der Waals surface area contributed by atoms with Crippen LogP contribution in [0.1, 0.15) is 61.8 Å². The van der Waals surface area contributed by atoms with Crippen LogP contribution in [0.3, 0.4) is 0 Å². The van der Waals surface area contributed by atoms with Crippen LogP contribution in [0.25, 0.3) is 11.1 Å². The summed E-state index contributed by atoms with van der Waals surface area (Å²) in [5, 5.41) is 7.56. The van der Waals surface area contributed by atoms with Crippen LogP contribution in [0, 0.1) is 6.92 Å². The molecule has 7 heteroatoms. The number of nitrogens with one attached hydrogen (secondary N) is 1. The van der Waals surface area contributed by atoms with Crippen LogP contribution in [0.15, 0.2) is 10.6 Å². The van der Waals surface area contributed by atoms with Crippen molar-refractivity contribution in [2.45, 2.75) is 59.0 Å². The Balaban J connectivity index is 1.89. The molecule has 3 rings (SSSR count). The van der Waals surface area contributed by atoms with Crippen LogP contribution in [-0.4, -0.2) is 45.5 Å². The predicted molar refractivity (Wildman–Crippen MR) is 93.4 cm³/mol. The number of carbonyl (C=O) groups is 2. The summed E-state index contributed by atoms with van der Waals surface area (Å²) in [6.07, 6.45) is 0.331. The van der Waals surface area contributed by atoms with Gasteiger partial charge in [0.2, 0.25) is 5.91 Å². The maximum Gasteiger partial charge on any atom is 0.259 e. The number of rotatable bonds is 4. The maximum absolute atomic E-state index is 12.9. The smallest absolute Gasteiger partial charge is 0.259 e. The summed E-state index contributed by atoms with van der Waals surface area (Å²) in [6.45, 7) is 10.3. The zero-order chi connectivity index (χ0) is 18.3. The summed E-state index contributed by atoms with van der Waals surface area (Å²) < 4.78 is 5.26. The highest BCUT2D eigenvalue weighted by molar-refractivity contribution is 6.06. The van der Waals surface area contributed by atoms with E-state index in [1.165, 1.54) is 0 Å². The van der Waals surface area contributed by atoms with Gasteiger partial charge < -0.3 is 14.7 Å². The number of pyridine rings is 1. The second-order valence-electron chi connectivity index (χ2n) is 7.21. The molecule has 1 N–H and O–H groups in total. The van der Waals surface area contributed by atoms with Crippen LogP contribution < -0.4 is 5.32 Å². The van der Waals surface area contributed by atoms with Gasteiger partial charge in [-0.15, -0.1) is 0 Å². The number of aromatic nitrogens is 2. The van der Waals surface area contributed by atoms with Crippen LogP contribution >= 0.6 is 0 Å². The Morgan fingerprint density at radius 3 is 2.68 bits per heavy atom. The predicted octanol–water partition coefficient (Wildman–Crippen LogP) is 2.39.